The summed E-state index contributed by atoms with van der Waals surface area (Å²) in [6.45, 7) is 3.76. The molecular formula is C13H19ClN2O2S. The van der Waals surface area contributed by atoms with Gasteiger partial charge in [-0.05, 0) is 44.7 Å². The van der Waals surface area contributed by atoms with E-state index in [2.05, 4.69) is 10.6 Å². The van der Waals surface area contributed by atoms with Gasteiger partial charge in [0.2, 0.25) is 0 Å². The van der Waals surface area contributed by atoms with Crippen molar-refractivity contribution in [1.29, 1.82) is 0 Å². The van der Waals surface area contributed by atoms with E-state index in [-0.39, 0.29) is 18.7 Å². The number of amides is 2. The van der Waals surface area contributed by atoms with Crippen molar-refractivity contribution >= 4 is 29.0 Å². The molecule has 0 radical (unpaired) electrons. The monoisotopic (exact) mass is 302 g/mol. The Balaban J connectivity index is 1.90. The third-order valence-electron chi connectivity index (χ3n) is 3.57. The fraction of sp³-hybridized carbons (Fsp3) is 0.615. The molecule has 2 rings (SSSR count). The number of thiophene rings is 1. The highest BCUT2D eigenvalue weighted by atomic mass is 35.5. The number of hydrogen-bond acceptors (Lipinski definition) is 3. The Bertz CT molecular complexity index is 461. The molecule has 1 fully saturated rings. The van der Waals surface area contributed by atoms with Crippen LogP contribution < -0.4 is 10.6 Å². The molecule has 0 aliphatic heterocycles. The maximum Gasteiger partial charge on any atom is 0.315 e. The first kappa shape index (κ1) is 14.6. The molecular weight excluding hydrogens is 284 g/mol. The maximum atomic E-state index is 12.0. The van der Waals surface area contributed by atoms with Gasteiger partial charge in [-0.2, -0.15) is 0 Å². The Kier molecular flexibility index (Phi) is 4.38. The van der Waals surface area contributed by atoms with Crippen molar-refractivity contribution in [2.24, 2.45) is 5.92 Å². The lowest BCUT2D eigenvalue weighted by molar-refractivity contribution is 0.154. The minimum absolute atomic E-state index is 0.0374. The molecule has 106 valence electrons. The highest BCUT2D eigenvalue weighted by Gasteiger charge is 2.42. The van der Waals surface area contributed by atoms with Gasteiger partial charge in [0.25, 0.3) is 0 Å². The third-order valence-corrected chi connectivity index (χ3v) is 4.99. The van der Waals surface area contributed by atoms with Crippen LogP contribution in [0.15, 0.2) is 12.1 Å². The van der Waals surface area contributed by atoms with E-state index in [1.165, 1.54) is 11.3 Å². The SMILES string of the molecule is CC(NC(=O)NC(C)(CO)C1CC1)c1ccc(Cl)s1. The molecule has 1 aromatic heterocycles. The van der Waals surface area contributed by atoms with Crippen molar-refractivity contribution in [3.05, 3.63) is 21.3 Å². The van der Waals surface area contributed by atoms with Crippen LogP contribution in [0.1, 0.15) is 37.6 Å². The van der Waals surface area contributed by atoms with Crippen LogP contribution >= 0.6 is 22.9 Å². The van der Waals surface area contributed by atoms with Crippen molar-refractivity contribution < 1.29 is 9.90 Å². The Morgan fingerprint density at radius 1 is 1.63 bits per heavy atom. The molecule has 2 amide bonds. The molecule has 1 aromatic rings. The Hall–Kier alpha value is -0.780. The normalized spacial score (nSPS) is 19.6. The second-order valence-corrected chi connectivity index (χ2v) is 7.06. The number of aliphatic hydroxyl groups is 1. The minimum atomic E-state index is -0.517. The second kappa shape index (κ2) is 5.69. The number of rotatable bonds is 5. The molecule has 19 heavy (non-hydrogen) atoms. The number of nitrogens with one attached hydrogen (secondary N) is 2. The maximum absolute atomic E-state index is 12.0. The van der Waals surface area contributed by atoms with Crippen LogP contribution in [0.5, 0.6) is 0 Å². The van der Waals surface area contributed by atoms with E-state index in [1.807, 2.05) is 26.0 Å². The largest absolute Gasteiger partial charge is 0.394 e. The summed E-state index contributed by atoms with van der Waals surface area (Å²) < 4.78 is 0.710. The molecule has 0 bridgehead atoms. The van der Waals surface area contributed by atoms with Crippen LogP contribution in [0.4, 0.5) is 4.79 Å². The van der Waals surface area contributed by atoms with Crippen molar-refractivity contribution in [3.63, 3.8) is 0 Å². The van der Waals surface area contributed by atoms with E-state index in [1.54, 1.807) is 0 Å². The smallest absolute Gasteiger partial charge is 0.315 e. The van der Waals surface area contributed by atoms with Crippen molar-refractivity contribution in [3.8, 4) is 0 Å². The highest BCUT2D eigenvalue weighted by Crippen LogP contribution is 2.39. The van der Waals surface area contributed by atoms with Crippen LogP contribution in [0.2, 0.25) is 4.34 Å². The topological polar surface area (TPSA) is 61.4 Å². The van der Waals surface area contributed by atoms with Gasteiger partial charge in [0.15, 0.2) is 0 Å². The number of aliphatic hydroxyl groups excluding tert-OH is 1. The van der Waals surface area contributed by atoms with Crippen molar-refractivity contribution in [1.82, 2.24) is 10.6 Å². The first-order valence-electron chi connectivity index (χ1n) is 6.39. The van der Waals surface area contributed by atoms with Crippen LogP contribution in [-0.2, 0) is 0 Å². The summed E-state index contributed by atoms with van der Waals surface area (Å²) in [6.07, 6.45) is 2.13. The van der Waals surface area contributed by atoms with Gasteiger partial charge in [-0.25, -0.2) is 4.79 Å². The van der Waals surface area contributed by atoms with Crippen LogP contribution in [-0.4, -0.2) is 23.3 Å². The van der Waals surface area contributed by atoms with Crippen molar-refractivity contribution in [2.45, 2.75) is 38.3 Å². The Labute approximate surface area is 122 Å². The van der Waals surface area contributed by atoms with Gasteiger partial charge in [0.05, 0.1) is 22.5 Å². The Morgan fingerprint density at radius 3 is 2.79 bits per heavy atom. The lowest BCUT2D eigenvalue weighted by Crippen LogP contribution is -2.54. The van der Waals surface area contributed by atoms with E-state index in [0.717, 1.165) is 17.7 Å². The molecule has 1 aliphatic carbocycles. The molecule has 6 heteroatoms. The van der Waals surface area contributed by atoms with E-state index < -0.39 is 5.54 Å². The molecule has 4 nitrogen and oxygen atoms in total. The van der Waals surface area contributed by atoms with Crippen LogP contribution in [0.25, 0.3) is 0 Å². The second-order valence-electron chi connectivity index (χ2n) is 5.31. The first-order chi connectivity index (χ1) is 8.94. The zero-order valence-corrected chi connectivity index (χ0v) is 12.6. The summed E-state index contributed by atoms with van der Waals surface area (Å²) in [6, 6.07) is 3.38. The van der Waals surface area contributed by atoms with Gasteiger partial charge in [-0.15, -0.1) is 11.3 Å². The summed E-state index contributed by atoms with van der Waals surface area (Å²) in [5.41, 5.74) is -0.517. The zero-order valence-electron chi connectivity index (χ0n) is 11.1. The van der Waals surface area contributed by atoms with Gasteiger partial charge in [-0.1, -0.05) is 11.6 Å². The molecule has 0 spiro atoms. The summed E-state index contributed by atoms with van der Waals surface area (Å²) in [5, 5.41) is 15.2. The summed E-state index contributed by atoms with van der Waals surface area (Å²) >= 11 is 7.33. The summed E-state index contributed by atoms with van der Waals surface area (Å²) in [4.78, 5) is 13.0. The highest BCUT2D eigenvalue weighted by molar-refractivity contribution is 7.16. The molecule has 0 aromatic carbocycles. The number of urea groups is 1. The predicted molar refractivity (Wildman–Crippen MR) is 77.6 cm³/mol. The standard InChI is InChI=1S/C13H19ClN2O2S/c1-8(10-5-6-11(14)19-10)15-12(18)16-13(2,7-17)9-3-4-9/h5-6,8-9,17H,3-4,7H2,1-2H3,(H2,15,16,18). The molecule has 1 aliphatic rings. The minimum Gasteiger partial charge on any atom is -0.394 e. The molecule has 2 unspecified atom stereocenters. The summed E-state index contributed by atoms with van der Waals surface area (Å²) in [5.74, 6) is 0.384. The third kappa shape index (κ3) is 3.61. The van der Waals surface area contributed by atoms with E-state index in [9.17, 15) is 9.90 Å². The quantitative estimate of drug-likeness (QED) is 0.783. The molecule has 2 atom stereocenters. The number of halogens is 1. The lowest BCUT2D eigenvalue weighted by Gasteiger charge is -2.29. The van der Waals surface area contributed by atoms with Crippen LogP contribution in [0.3, 0.4) is 0 Å². The first-order valence-corrected chi connectivity index (χ1v) is 7.59. The van der Waals surface area contributed by atoms with Crippen molar-refractivity contribution in [2.75, 3.05) is 6.61 Å². The fourth-order valence-electron chi connectivity index (χ4n) is 2.12. The van der Waals surface area contributed by atoms with Gasteiger partial charge >= 0.3 is 6.03 Å². The van der Waals surface area contributed by atoms with Gasteiger partial charge < -0.3 is 15.7 Å². The van der Waals surface area contributed by atoms with E-state index in [4.69, 9.17) is 11.6 Å². The van der Waals surface area contributed by atoms with Gasteiger partial charge in [0.1, 0.15) is 0 Å². The van der Waals surface area contributed by atoms with Gasteiger partial charge in [0, 0.05) is 4.88 Å². The van der Waals surface area contributed by atoms with E-state index >= 15 is 0 Å². The summed E-state index contributed by atoms with van der Waals surface area (Å²) in [7, 11) is 0. The average molecular weight is 303 g/mol. The van der Waals surface area contributed by atoms with Crippen LogP contribution in [0, 0.1) is 5.92 Å². The molecule has 1 saturated carbocycles. The lowest BCUT2D eigenvalue weighted by atomic mass is 9.97. The molecule has 3 N–H and O–H groups in total. The zero-order chi connectivity index (χ0) is 14.0. The van der Waals surface area contributed by atoms with E-state index in [0.29, 0.717) is 10.3 Å². The number of carbonyl (C=O) groups is 1. The number of carbonyl (C=O) groups excluding carboxylic acids is 1. The average Bonchev–Trinajstić information content (AvgIpc) is 3.12. The fourth-order valence-corrected chi connectivity index (χ4v) is 3.18. The molecule has 1 heterocycles. The molecule has 0 saturated heterocycles. The Morgan fingerprint density at radius 2 is 2.32 bits per heavy atom. The van der Waals surface area contributed by atoms with Gasteiger partial charge in [-0.3, -0.25) is 0 Å². The predicted octanol–water partition coefficient (Wildman–Crippen LogP) is 2.92. The number of hydrogen-bond donors (Lipinski definition) is 3.